The smallest absolute Gasteiger partial charge is 0.239 e. The van der Waals surface area contributed by atoms with Gasteiger partial charge in [-0.15, -0.1) is 0 Å². The zero-order valence-electron chi connectivity index (χ0n) is 18.3. The molecule has 8 nitrogen and oxygen atoms in total. The topological polar surface area (TPSA) is 79.7 Å². The summed E-state index contributed by atoms with van der Waals surface area (Å²) < 4.78 is 7.48. The van der Waals surface area contributed by atoms with E-state index in [1.54, 1.807) is 20.2 Å². The van der Waals surface area contributed by atoms with Crippen molar-refractivity contribution in [3.8, 4) is 5.75 Å². The largest absolute Gasteiger partial charge is 0.496 e. The number of methoxy groups -OCH3 is 1. The van der Waals surface area contributed by atoms with Crippen LogP contribution in [0.5, 0.6) is 5.75 Å². The van der Waals surface area contributed by atoms with E-state index in [0.29, 0.717) is 25.7 Å². The van der Waals surface area contributed by atoms with Gasteiger partial charge < -0.3 is 15.0 Å². The van der Waals surface area contributed by atoms with Crippen molar-refractivity contribution in [2.24, 2.45) is 0 Å². The summed E-state index contributed by atoms with van der Waals surface area (Å²) in [6.07, 6.45) is 6.39. The van der Waals surface area contributed by atoms with Crippen molar-refractivity contribution in [2.45, 2.75) is 44.7 Å². The SMILES string of the molecule is COc1ccccc1[C@H]1CN(CC(=O)Nc2ccnn2C2CCCC2)CCN1C(C)=O. The first-order valence-corrected chi connectivity index (χ1v) is 11.0. The summed E-state index contributed by atoms with van der Waals surface area (Å²) in [5, 5.41) is 7.47. The summed E-state index contributed by atoms with van der Waals surface area (Å²) in [5.41, 5.74) is 0.963. The van der Waals surface area contributed by atoms with Crippen molar-refractivity contribution in [1.82, 2.24) is 19.6 Å². The Bertz CT molecular complexity index is 921. The van der Waals surface area contributed by atoms with Crippen LogP contribution in [-0.2, 0) is 9.59 Å². The molecule has 1 atom stereocenters. The van der Waals surface area contributed by atoms with Gasteiger partial charge in [-0.2, -0.15) is 5.10 Å². The van der Waals surface area contributed by atoms with Crippen LogP contribution in [0.15, 0.2) is 36.5 Å². The molecular weight excluding hydrogens is 394 g/mol. The molecule has 2 aromatic rings. The number of carbonyl (C=O) groups excluding carboxylic acids is 2. The lowest BCUT2D eigenvalue weighted by atomic mass is 10.0. The second-order valence-electron chi connectivity index (χ2n) is 8.35. The molecule has 0 unspecified atom stereocenters. The van der Waals surface area contributed by atoms with Crippen LogP contribution in [0, 0.1) is 0 Å². The Labute approximate surface area is 183 Å². The summed E-state index contributed by atoms with van der Waals surface area (Å²) in [6.45, 7) is 3.67. The van der Waals surface area contributed by atoms with Crippen LogP contribution < -0.4 is 10.1 Å². The predicted octanol–water partition coefficient (Wildman–Crippen LogP) is 2.85. The number of para-hydroxylation sites is 1. The molecule has 166 valence electrons. The van der Waals surface area contributed by atoms with Gasteiger partial charge in [0.05, 0.1) is 31.9 Å². The lowest BCUT2D eigenvalue weighted by Gasteiger charge is -2.41. The summed E-state index contributed by atoms with van der Waals surface area (Å²) in [7, 11) is 1.64. The van der Waals surface area contributed by atoms with Gasteiger partial charge in [0.25, 0.3) is 0 Å². The Balaban J connectivity index is 1.44. The van der Waals surface area contributed by atoms with E-state index in [1.165, 1.54) is 12.8 Å². The minimum atomic E-state index is -0.154. The van der Waals surface area contributed by atoms with Gasteiger partial charge >= 0.3 is 0 Å². The molecule has 1 aromatic carbocycles. The third-order valence-electron chi connectivity index (χ3n) is 6.34. The molecule has 1 saturated heterocycles. The first kappa shape index (κ1) is 21.4. The van der Waals surface area contributed by atoms with Crippen LogP contribution in [-0.4, -0.2) is 64.7 Å². The molecule has 1 aliphatic carbocycles. The molecule has 31 heavy (non-hydrogen) atoms. The molecule has 1 aromatic heterocycles. The first-order chi connectivity index (χ1) is 15.1. The van der Waals surface area contributed by atoms with E-state index >= 15 is 0 Å². The Hall–Kier alpha value is -2.87. The van der Waals surface area contributed by atoms with E-state index in [4.69, 9.17) is 4.74 Å². The van der Waals surface area contributed by atoms with Crippen LogP contribution in [0.4, 0.5) is 5.82 Å². The fraction of sp³-hybridized carbons (Fsp3) is 0.522. The second kappa shape index (κ2) is 9.51. The van der Waals surface area contributed by atoms with Gasteiger partial charge in [0.15, 0.2) is 0 Å². The number of amides is 2. The minimum absolute atomic E-state index is 0.0282. The molecule has 0 spiro atoms. The molecule has 0 bridgehead atoms. The number of nitrogens with zero attached hydrogens (tertiary/aromatic N) is 4. The van der Waals surface area contributed by atoms with Crippen molar-refractivity contribution in [1.29, 1.82) is 0 Å². The van der Waals surface area contributed by atoms with Crippen LogP contribution >= 0.6 is 0 Å². The van der Waals surface area contributed by atoms with Crippen molar-refractivity contribution in [2.75, 3.05) is 38.6 Å². The molecule has 2 aliphatic rings. The Kier molecular flexibility index (Phi) is 6.56. The number of anilines is 1. The molecule has 2 fully saturated rings. The Morgan fingerprint density at radius 1 is 1.16 bits per heavy atom. The van der Waals surface area contributed by atoms with Crippen molar-refractivity contribution < 1.29 is 14.3 Å². The Morgan fingerprint density at radius 3 is 2.68 bits per heavy atom. The summed E-state index contributed by atoms with van der Waals surface area (Å²) in [5.74, 6) is 1.49. The van der Waals surface area contributed by atoms with Gasteiger partial charge in [0.2, 0.25) is 11.8 Å². The number of ether oxygens (including phenoxy) is 1. The molecule has 1 aliphatic heterocycles. The molecule has 1 saturated carbocycles. The van der Waals surface area contributed by atoms with Gasteiger partial charge in [-0.3, -0.25) is 14.5 Å². The minimum Gasteiger partial charge on any atom is -0.496 e. The number of nitrogens with one attached hydrogen (secondary N) is 1. The highest BCUT2D eigenvalue weighted by atomic mass is 16.5. The molecule has 0 radical (unpaired) electrons. The van der Waals surface area contributed by atoms with Crippen molar-refractivity contribution >= 4 is 17.6 Å². The van der Waals surface area contributed by atoms with E-state index < -0.39 is 0 Å². The number of carbonyl (C=O) groups is 2. The summed E-state index contributed by atoms with van der Waals surface area (Å²) in [6, 6.07) is 9.85. The molecule has 1 N–H and O–H groups in total. The van der Waals surface area contributed by atoms with Crippen molar-refractivity contribution in [3.05, 3.63) is 42.1 Å². The zero-order valence-corrected chi connectivity index (χ0v) is 18.3. The number of hydrogen-bond acceptors (Lipinski definition) is 5. The van der Waals surface area contributed by atoms with E-state index in [9.17, 15) is 9.59 Å². The van der Waals surface area contributed by atoms with Crippen molar-refractivity contribution in [3.63, 3.8) is 0 Å². The fourth-order valence-corrected chi connectivity index (χ4v) is 4.81. The van der Waals surface area contributed by atoms with Crippen LogP contribution in [0.25, 0.3) is 0 Å². The average molecular weight is 426 g/mol. The number of aromatic nitrogens is 2. The third kappa shape index (κ3) is 4.74. The van der Waals surface area contributed by atoms with Crippen LogP contribution in [0.3, 0.4) is 0 Å². The maximum Gasteiger partial charge on any atom is 0.239 e. The molecule has 8 heteroatoms. The number of piperazine rings is 1. The highest BCUT2D eigenvalue weighted by Crippen LogP contribution is 2.33. The number of hydrogen-bond donors (Lipinski definition) is 1. The van der Waals surface area contributed by atoms with Gasteiger partial charge in [-0.05, 0) is 18.9 Å². The predicted molar refractivity (Wildman–Crippen MR) is 118 cm³/mol. The van der Waals surface area contributed by atoms with Gasteiger partial charge in [-0.25, -0.2) is 4.68 Å². The number of rotatable bonds is 6. The number of benzene rings is 1. The van der Waals surface area contributed by atoms with E-state index in [1.807, 2.05) is 39.9 Å². The first-order valence-electron chi connectivity index (χ1n) is 11.0. The van der Waals surface area contributed by atoms with Gasteiger partial charge in [-0.1, -0.05) is 31.0 Å². The summed E-state index contributed by atoms with van der Waals surface area (Å²) >= 11 is 0. The van der Waals surface area contributed by atoms with E-state index in [2.05, 4.69) is 15.3 Å². The summed E-state index contributed by atoms with van der Waals surface area (Å²) in [4.78, 5) is 29.1. The van der Waals surface area contributed by atoms with E-state index in [-0.39, 0.29) is 24.4 Å². The molecule has 4 rings (SSSR count). The highest BCUT2D eigenvalue weighted by molar-refractivity contribution is 5.91. The third-order valence-corrected chi connectivity index (χ3v) is 6.34. The Morgan fingerprint density at radius 2 is 1.94 bits per heavy atom. The second-order valence-corrected chi connectivity index (χ2v) is 8.35. The lowest BCUT2D eigenvalue weighted by Crippen LogP contribution is -2.51. The standard InChI is InChI=1S/C23H31N5O3/c1-17(29)27-14-13-26(15-20(27)19-9-5-6-10-21(19)31-2)16-23(30)25-22-11-12-24-28(22)18-7-3-4-8-18/h5-6,9-12,18,20H,3-4,7-8,13-16H2,1-2H3,(H,25,30)/t20-/m1/s1. The van der Waals surface area contributed by atoms with Crippen LogP contribution in [0.1, 0.15) is 50.3 Å². The van der Waals surface area contributed by atoms with E-state index in [0.717, 1.165) is 30.0 Å². The maximum atomic E-state index is 12.8. The molecule has 2 heterocycles. The van der Waals surface area contributed by atoms with Crippen LogP contribution in [0.2, 0.25) is 0 Å². The average Bonchev–Trinajstić information content (AvgIpc) is 3.45. The van der Waals surface area contributed by atoms with Gasteiger partial charge in [0, 0.05) is 38.2 Å². The fourth-order valence-electron chi connectivity index (χ4n) is 4.81. The van der Waals surface area contributed by atoms with Gasteiger partial charge in [0.1, 0.15) is 11.6 Å². The lowest BCUT2D eigenvalue weighted by molar-refractivity contribution is -0.134. The zero-order chi connectivity index (χ0) is 21.8. The monoisotopic (exact) mass is 425 g/mol. The molecular formula is C23H31N5O3. The quantitative estimate of drug-likeness (QED) is 0.770. The molecule has 2 amide bonds. The highest BCUT2D eigenvalue weighted by Gasteiger charge is 2.32. The normalized spacial score (nSPS) is 20.1. The maximum absolute atomic E-state index is 12.8.